The molecule has 1 fully saturated rings. The molecule has 0 bridgehead atoms. The molecule has 0 saturated carbocycles. The van der Waals surface area contributed by atoms with Crippen LogP contribution >= 0.6 is 0 Å². The van der Waals surface area contributed by atoms with Gasteiger partial charge in [-0.1, -0.05) is 6.07 Å². The summed E-state index contributed by atoms with van der Waals surface area (Å²) in [7, 11) is 0.638. The van der Waals surface area contributed by atoms with E-state index in [1.165, 1.54) is 0 Å². The smallest absolute Gasteiger partial charge is 0.243 e. The molecule has 1 unspecified atom stereocenters. The van der Waals surface area contributed by atoms with Gasteiger partial charge >= 0.3 is 0 Å². The van der Waals surface area contributed by atoms with Gasteiger partial charge in [-0.15, -0.1) is 0 Å². The molecule has 21 heavy (non-hydrogen) atoms. The van der Waals surface area contributed by atoms with Gasteiger partial charge in [0.25, 0.3) is 0 Å². The Balaban J connectivity index is 1.93. The van der Waals surface area contributed by atoms with Crippen LogP contribution in [0.2, 0.25) is 0 Å². The predicted molar refractivity (Wildman–Crippen MR) is 84.1 cm³/mol. The molecule has 0 amide bonds. The van der Waals surface area contributed by atoms with E-state index >= 15 is 0 Å². The first-order valence-corrected chi connectivity index (χ1v) is 8.96. The molecular weight excluding hydrogens is 286 g/mol. The maximum absolute atomic E-state index is 13.0. The highest BCUT2D eigenvalue weighted by Gasteiger charge is 2.35. The second-order valence-corrected chi connectivity index (χ2v) is 7.99. The Hall–Kier alpha value is -1.11. The standard InChI is InChI=1S/C15H23N3O2S/c1-17(2)12-8-10-18(11-12)21(19,20)15-7-3-6-14-13(15)5-4-9-16-14/h3,6-7,12,16H,4-5,8-11H2,1-2H3. The molecule has 2 aliphatic rings. The number of hydrogen-bond donors (Lipinski definition) is 1. The number of rotatable bonds is 3. The third-order valence-corrected chi connectivity index (χ3v) is 6.48. The summed E-state index contributed by atoms with van der Waals surface area (Å²) in [6, 6.07) is 5.88. The van der Waals surface area contributed by atoms with Crippen molar-refractivity contribution in [2.75, 3.05) is 39.0 Å². The number of sulfonamides is 1. The number of hydrogen-bond acceptors (Lipinski definition) is 4. The molecule has 2 aliphatic heterocycles. The molecular formula is C15H23N3O2S. The maximum atomic E-state index is 13.0. The van der Waals surface area contributed by atoms with Crippen molar-refractivity contribution < 1.29 is 8.42 Å². The fourth-order valence-corrected chi connectivity index (χ4v) is 4.97. The lowest BCUT2D eigenvalue weighted by atomic mass is 10.0. The zero-order valence-corrected chi connectivity index (χ0v) is 13.5. The summed E-state index contributed by atoms with van der Waals surface area (Å²) >= 11 is 0. The topological polar surface area (TPSA) is 52.7 Å². The molecule has 1 saturated heterocycles. The van der Waals surface area contributed by atoms with Gasteiger partial charge in [0.15, 0.2) is 0 Å². The highest BCUT2D eigenvalue weighted by Crippen LogP contribution is 2.31. The van der Waals surface area contributed by atoms with E-state index in [-0.39, 0.29) is 0 Å². The van der Waals surface area contributed by atoms with E-state index < -0.39 is 10.0 Å². The van der Waals surface area contributed by atoms with Gasteiger partial charge in [0, 0.05) is 31.4 Å². The molecule has 1 atom stereocenters. The number of anilines is 1. The molecule has 1 N–H and O–H groups in total. The molecule has 1 aromatic rings. The Morgan fingerprint density at radius 1 is 1.33 bits per heavy atom. The van der Waals surface area contributed by atoms with Crippen molar-refractivity contribution in [2.45, 2.75) is 30.2 Å². The van der Waals surface area contributed by atoms with Crippen LogP contribution < -0.4 is 5.32 Å². The highest BCUT2D eigenvalue weighted by atomic mass is 32.2. The van der Waals surface area contributed by atoms with Crippen LogP contribution in [0.4, 0.5) is 5.69 Å². The van der Waals surface area contributed by atoms with E-state index in [4.69, 9.17) is 0 Å². The molecule has 116 valence electrons. The molecule has 0 aliphatic carbocycles. The fourth-order valence-electron chi connectivity index (χ4n) is 3.21. The third-order valence-electron chi connectivity index (χ3n) is 4.53. The summed E-state index contributed by atoms with van der Waals surface area (Å²) in [4.78, 5) is 2.60. The van der Waals surface area contributed by atoms with E-state index in [0.717, 1.165) is 37.1 Å². The van der Waals surface area contributed by atoms with Crippen LogP contribution in [0, 0.1) is 0 Å². The zero-order chi connectivity index (χ0) is 15.0. The van der Waals surface area contributed by atoms with E-state index in [2.05, 4.69) is 10.2 Å². The Labute approximate surface area is 127 Å². The summed E-state index contributed by atoms with van der Waals surface area (Å²) in [6.07, 6.45) is 2.72. The largest absolute Gasteiger partial charge is 0.385 e. The number of benzene rings is 1. The highest BCUT2D eigenvalue weighted by molar-refractivity contribution is 7.89. The van der Waals surface area contributed by atoms with Gasteiger partial charge in [-0.2, -0.15) is 4.31 Å². The molecule has 0 radical (unpaired) electrons. The van der Waals surface area contributed by atoms with Gasteiger partial charge < -0.3 is 10.2 Å². The minimum atomic E-state index is -3.38. The average Bonchev–Trinajstić information content (AvgIpc) is 2.97. The van der Waals surface area contributed by atoms with Crippen molar-refractivity contribution in [1.29, 1.82) is 0 Å². The molecule has 5 nitrogen and oxygen atoms in total. The van der Waals surface area contributed by atoms with E-state index in [0.29, 0.717) is 24.0 Å². The van der Waals surface area contributed by atoms with Gasteiger partial charge in [-0.05, 0) is 51.1 Å². The summed E-state index contributed by atoms with van der Waals surface area (Å²) in [5, 5.41) is 3.30. The number of nitrogens with zero attached hydrogens (tertiary/aromatic N) is 2. The van der Waals surface area contributed by atoms with E-state index in [9.17, 15) is 8.42 Å². The third kappa shape index (κ3) is 2.67. The lowest BCUT2D eigenvalue weighted by Gasteiger charge is -2.24. The van der Waals surface area contributed by atoms with Crippen LogP contribution in [0.5, 0.6) is 0 Å². The lowest BCUT2D eigenvalue weighted by Crippen LogP contribution is -2.35. The molecule has 2 heterocycles. The Kier molecular flexibility index (Phi) is 3.94. The van der Waals surface area contributed by atoms with Gasteiger partial charge in [-0.25, -0.2) is 8.42 Å². The Morgan fingerprint density at radius 2 is 2.14 bits per heavy atom. The summed E-state index contributed by atoms with van der Waals surface area (Å²) in [5.41, 5.74) is 1.93. The van der Waals surface area contributed by atoms with Gasteiger partial charge in [-0.3, -0.25) is 0 Å². The lowest BCUT2D eigenvalue weighted by molar-refractivity contribution is 0.302. The van der Waals surface area contributed by atoms with E-state index in [1.54, 1.807) is 10.4 Å². The fraction of sp³-hybridized carbons (Fsp3) is 0.600. The van der Waals surface area contributed by atoms with Crippen molar-refractivity contribution in [3.63, 3.8) is 0 Å². The van der Waals surface area contributed by atoms with Gasteiger partial charge in [0.05, 0.1) is 4.90 Å². The van der Waals surface area contributed by atoms with Gasteiger partial charge in [0.2, 0.25) is 10.0 Å². The molecule has 1 aromatic carbocycles. The van der Waals surface area contributed by atoms with Crippen LogP contribution in [0.25, 0.3) is 0 Å². The Morgan fingerprint density at radius 3 is 2.86 bits per heavy atom. The summed E-state index contributed by atoms with van der Waals surface area (Å²) < 4.78 is 27.5. The number of fused-ring (bicyclic) bond motifs is 1. The molecule has 0 spiro atoms. The monoisotopic (exact) mass is 309 g/mol. The first-order chi connectivity index (χ1) is 10.00. The van der Waals surface area contributed by atoms with Crippen molar-refractivity contribution in [3.05, 3.63) is 23.8 Å². The van der Waals surface area contributed by atoms with Crippen LogP contribution in [0.1, 0.15) is 18.4 Å². The van der Waals surface area contributed by atoms with Crippen LogP contribution in [-0.4, -0.2) is 57.4 Å². The van der Waals surface area contributed by atoms with Crippen molar-refractivity contribution in [2.24, 2.45) is 0 Å². The minimum Gasteiger partial charge on any atom is -0.385 e. The normalized spacial score (nSPS) is 23.1. The maximum Gasteiger partial charge on any atom is 0.243 e. The van der Waals surface area contributed by atoms with E-state index in [1.807, 2.05) is 26.2 Å². The first kappa shape index (κ1) is 14.8. The average molecular weight is 309 g/mol. The van der Waals surface area contributed by atoms with Crippen molar-refractivity contribution >= 4 is 15.7 Å². The van der Waals surface area contributed by atoms with Gasteiger partial charge in [0.1, 0.15) is 0 Å². The van der Waals surface area contributed by atoms with Crippen molar-refractivity contribution in [1.82, 2.24) is 9.21 Å². The summed E-state index contributed by atoms with van der Waals surface area (Å²) in [6.45, 7) is 2.12. The minimum absolute atomic E-state index is 0.317. The summed E-state index contributed by atoms with van der Waals surface area (Å²) in [5.74, 6) is 0. The van der Waals surface area contributed by atoms with Crippen LogP contribution in [-0.2, 0) is 16.4 Å². The van der Waals surface area contributed by atoms with Crippen LogP contribution in [0.3, 0.4) is 0 Å². The molecule has 6 heteroatoms. The number of likely N-dealkylation sites (N-methyl/N-ethyl adjacent to an activating group) is 1. The molecule has 3 rings (SSSR count). The predicted octanol–water partition coefficient (Wildman–Crippen LogP) is 1.37. The number of nitrogens with one attached hydrogen (secondary N) is 1. The SMILES string of the molecule is CN(C)C1CCN(S(=O)(=O)c2cccc3c2CCCN3)C1. The Bertz CT molecular complexity index is 628. The van der Waals surface area contributed by atoms with Crippen molar-refractivity contribution in [3.8, 4) is 0 Å². The second kappa shape index (κ2) is 5.59. The first-order valence-electron chi connectivity index (χ1n) is 7.52. The quantitative estimate of drug-likeness (QED) is 0.916. The van der Waals surface area contributed by atoms with Crippen LogP contribution in [0.15, 0.2) is 23.1 Å². The second-order valence-electron chi connectivity index (χ2n) is 6.08. The zero-order valence-electron chi connectivity index (χ0n) is 12.7. The molecule has 0 aromatic heterocycles.